The van der Waals surface area contributed by atoms with E-state index < -0.39 is 0 Å². The molecular formula is C24H36N4O3+2. The number of benzene rings is 2. The molecule has 7 heteroatoms. The minimum absolute atomic E-state index is 0.0568. The van der Waals surface area contributed by atoms with Gasteiger partial charge in [0.15, 0.2) is 13.1 Å². The van der Waals surface area contributed by atoms with Gasteiger partial charge < -0.3 is 25.1 Å². The van der Waals surface area contributed by atoms with Gasteiger partial charge in [-0.05, 0) is 37.6 Å². The van der Waals surface area contributed by atoms with E-state index in [9.17, 15) is 14.7 Å². The van der Waals surface area contributed by atoms with Gasteiger partial charge in [-0.15, -0.1) is 0 Å². The number of likely N-dealkylation sites (N-methyl/N-ethyl adjacent to an activating group) is 1. The van der Waals surface area contributed by atoms with E-state index in [1.54, 1.807) is 6.07 Å². The first-order valence-electron chi connectivity index (χ1n) is 11.1. The van der Waals surface area contributed by atoms with Gasteiger partial charge in [0.2, 0.25) is 0 Å². The van der Waals surface area contributed by atoms with Gasteiger partial charge in [-0.1, -0.05) is 30.3 Å². The average molecular weight is 429 g/mol. The first-order chi connectivity index (χ1) is 14.6. The molecule has 1 heterocycles. The maximum atomic E-state index is 12.8. The van der Waals surface area contributed by atoms with Crippen LogP contribution in [0.2, 0.25) is 0 Å². The van der Waals surface area contributed by atoms with Crippen LogP contribution in [-0.4, -0.2) is 73.7 Å². The number of nitrogens with one attached hydrogen (secondary N) is 3. The number of amides is 2. The maximum absolute atomic E-state index is 12.8. The van der Waals surface area contributed by atoms with E-state index in [1.165, 1.54) is 4.90 Å². The summed E-state index contributed by atoms with van der Waals surface area (Å²) in [7, 11) is 1.98. The molecule has 0 aliphatic carbocycles. The Hall–Kier alpha value is -2.64. The van der Waals surface area contributed by atoms with Crippen molar-refractivity contribution in [3.63, 3.8) is 0 Å². The standard InChI is InChI=1S/C24H34N4O3/c1-24(2,3)25-22(30)16-27-11-13-28(14-12-27)23(31)17-26(4)15-20-19-8-6-5-7-18(19)9-10-21(20)29/h5-10,29H,11-17H2,1-4H3,(H,25,30)/p+2. The second kappa shape index (κ2) is 9.66. The number of phenols is 1. The van der Waals surface area contributed by atoms with Gasteiger partial charge in [-0.3, -0.25) is 9.59 Å². The number of rotatable bonds is 6. The molecule has 4 N–H and O–H groups in total. The molecular weight excluding hydrogens is 392 g/mol. The summed E-state index contributed by atoms with van der Waals surface area (Å²) in [5, 5.41) is 15.5. The van der Waals surface area contributed by atoms with Crippen molar-refractivity contribution in [2.45, 2.75) is 32.9 Å². The number of nitrogens with zero attached hydrogens (tertiary/aromatic N) is 1. The predicted octanol–water partition coefficient (Wildman–Crippen LogP) is -0.798. The Morgan fingerprint density at radius 2 is 1.81 bits per heavy atom. The normalized spacial score (nSPS) is 16.3. The van der Waals surface area contributed by atoms with E-state index in [0.717, 1.165) is 34.3 Å². The number of phenolic OH excluding ortho intramolecular Hbond substituents is 1. The van der Waals surface area contributed by atoms with Crippen molar-refractivity contribution < 1.29 is 24.5 Å². The molecule has 2 amide bonds. The number of aromatic hydroxyl groups is 1. The van der Waals surface area contributed by atoms with Gasteiger partial charge in [0.1, 0.15) is 12.3 Å². The number of hydrogen-bond donors (Lipinski definition) is 4. The molecule has 0 radical (unpaired) electrons. The molecule has 2 aromatic carbocycles. The van der Waals surface area contributed by atoms with Crippen LogP contribution in [0.15, 0.2) is 36.4 Å². The molecule has 0 aromatic heterocycles. The molecule has 1 aliphatic heterocycles. The SMILES string of the molecule is C[NH+](CC(=O)N1CC[NH+](CC(=O)NC(C)(C)C)CC1)Cc1c(O)ccc2ccccc12. The van der Waals surface area contributed by atoms with E-state index >= 15 is 0 Å². The first-order valence-corrected chi connectivity index (χ1v) is 11.1. The third-order valence-electron chi connectivity index (χ3n) is 5.70. The van der Waals surface area contributed by atoms with Gasteiger partial charge in [-0.25, -0.2) is 0 Å². The molecule has 0 spiro atoms. The highest BCUT2D eigenvalue weighted by molar-refractivity contribution is 5.87. The van der Waals surface area contributed by atoms with Crippen LogP contribution in [0, 0.1) is 0 Å². The van der Waals surface area contributed by atoms with Gasteiger partial charge >= 0.3 is 0 Å². The van der Waals surface area contributed by atoms with E-state index in [4.69, 9.17) is 0 Å². The molecule has 168 valence electrons. The van der Waals surface area contributed by atoms with Crippen molar-refractivity contribution in [1.82, 2.24) is 10.2 Å². The van der Waals surface area contributed by atoms with Crippen molar-refractivity contribution >= 4 is 22.6 Å². The Kier molecular flexibility index (Phi) is 7.18. The molecule has 3 rings (SSSR count). The number of piperazine rings is 1. The number of quaternary nitrogens is 2. The smallest absolute Gasteiger partial charge is 0.278 e. The third-order valence-corrected chi connectivity index (χ3v) is 5.70. The second-order valence-corrected chi connectivity index (χ2v) is 9.70. The van der Waals surface area contributed by atoms with Crippen molar-refractivity contribution in [3.05, 3.63) is 42.0 Å². The van der Waals surface area contributed by atoms with E-state index in [-0.39, 0.29) is 23.1 Å². The largest absolute Gasteiger partial charge is 0.507 e. The predicted molar refractivity (Wildman–Crippen MR) is 121 cm³/mol. The lowest BCUT2D eigenvalue weighted by atomic mass is 10.0. The molecule has 31 heavy (non-hydrogen) atoms. The summed E-state index contributed by atoms with van der Waals surface area (Å²) in [4.78, 5) is 29.1. The van der Waals surface area contributed by atoms with Crippen LogP contribution in [0.25, 0.3) is 10.8 Å². The number of carbonyl (C=O) groups excluding carboxylic acids is 2. The lowest BCUT2D eigenvalue weighted by Gasteiger charge is -2.32. The molecule has 1 atom stereocenters. The fourth-order valence-corrected chi connectivity index (χ4v) is 4.18. The minimum atomic E-state index is -0.222. The molecule has 0 bridgehead atoms. The Morgan fingerprint density at radius 1 is 1.13 bits per heavy atom. The van der Waals surface area contributed by atoms with E-state index in [1.807, 2.05) is 63.1 Å². The zero-order valence-electron chi connectivity index (χ0n) is 19.1. The summed E-state index contributed by atoms with van der Waals surface area (Å²) in [5.41, 5.74) is 0.655. The fraction of sp³-hybridized carbons (Fsp3) is 0.500. The van der Waals surface area contributed by atoms with Crippen molar-refractivity contribution in [1.29, 1.82) is 0 Å². The topological polar surface area (TPSA) is 78.5 Å². The van der Waals surface area contributed by atoms with Crippen molar-refractivity contribution in [2.75, 3.05) is 46.3 Å². The van der Waals surface area contributed by atoms with Crippen LogP contribution in [-0.2, 0) is 16.1 Å². The summed E-state index contributed by atoms with van der Waals surface area (Å²) in [6, 6.07) is 11.6. The van der Waals surface area contributed by atoms with Gasteiger partial charge in [0, 0.05) is 5.54 Å². The summed E-state index contributed by atoms with van der Waals surface area (Å²) < 4.78 is 0. The van der Waals surface area contributed by atoms with Crippen LogP contribution in [0.4, 0.5) is 0 Å². The lowest BCUT2D eigenvalue weighted by molar-refractivity contribution is -0.897. The zero-order chi connectivity index (χ0) is 22.6. The van der Waals surface area contributed by atoms with E-state index in [0.29, 0.717) is 32.7 Å². The Bertz CT molecular complexity index is 930. The van der Waals surface area contributed by atoms with Crippen LogP contribution in [0.3, 0.4) is 0 Å². The molecule has 1 fully saturated rings. The minimum Gasteiger partial charge on any atom is -0.507 e. The average Bonchev–Trinajstić information content (AvgIpc) is 2.69. The van der Waals surface area contributed by atoms with Gasteiger partial charge in [0.05, 0.1) is 38.8 Å². The number of hydrogen-bond acceptors (Lipinski definition) is 3. The zero-order valence-corrected chi connectivity index (χ0v) is 19.1. The second-order valence-electron chi connectivity index (χ2n) is 9.70. The molecule has 2 aromatic rings. The van der Waals surface area contributed by atoms with Crippen molar-refractivity contribution in [2.24, 2.45) is 0 Å². The lowest BCUT2D eigenvalue weighted by Crippen LogP contribution is -3.16. The van der Waals surface area contributed by atoms with Gasteiger partial charge in [0.25, 0.3) is 11.8 Å². The monoisotopic (exact) mass is 428 g/mol. The Balaban J connectivity index is 1.50. The number of fused-ring (bicyclic) bond motifs is 1. The summed E-state index contributed by atoms with van der Waals surface area (Å²) in [6.45, 7) is 10.3. The summed E-state index contributed by atoms with van der Waals surface area (Å²) >= 11 is 0. The van der Waals surface area contributed by atoms with Crippen LogP contribution in [0.5, 0.6) is 5.75 Å². The van der Waals surface area contributed by atoms with Crippen molar-refractivity contribution in [3.8, 4) is 5.75 Å². The first kappa shape index (κ1) is 23.0. The fourth-order valence-electron chi connectivity index (χ4n) is 4.18. The summed E-state index contributed by atoms with van der Waals surface area (Å²) in [5.74, 6) is 0.452. The van der Waals surface area contributed by atoms with Crippen LogP contribution < -0.4 is 15.1 Å². The van der Waals surface area contributed by atoms with Crippen LogP contribution in [0.1, 0.15) is 26.3 Å². The molecule has 1 unspecified atom stereocenters. The maximum Gasteiger partial charge on any atom is 0.278 e. The van der Waals surface area contributed by atoms with Crippen LogP contribution >= 0.6 is 0 Å². The Labute approximate surface area is 184 Å². The summed E-state index contributed by atoms with van der Waals surface area (Å²) in [6.07, 6.45) is 0. The highest BCUT2D eigenvalue weighted by Gasteiger charge is 2.28. The number of carbonyl (C=O) groups is 2. The highest BCUT2D eigenvalue weighted by atomic mass is 16.3. The van der Waals surface area contributed by atoms with E-state index in [2.05, 4.69) is 5.32 Å². The quantitative estimate of drug-likeness (QED) is 0.487. The Morgan fingerprint density at radius 3 is 2.48 bits per heavy atom. The third kappa shape index (κ3) is 6.42. The molecule has 7 nitrogen and oxygen atoms in total. The highest BCUT2D eigenvalue weighted by Crippen LogP contribution is 2.26. The van der Waals surface area contributed by atoms with Gasteiger partial charge in [-0.2, -0.15) is 0 Å². The molecule has 1 aliphatic rings. The molecule has 0 saturated carbocycles. The molecule has 1 saturated heterocycles.